The fraction of sp³-hybridized carbons (Fsp3) is 0.545. The normalized spacial score (nSPS) is 20.2. The summed E-state index contributed by atoms with van der Waals surface area (Å²) in [5.74, 6) is -1.08. The third-order valence-electron chi connectivity index (χ3n) is 9.09. The largest absolute Gasteiger partial charge is 0.416 e. The van der Waals surface area contributed by atoms with E-state index in [0.29, 0.717) is 38.8 Å². The Morgan fingerprint density at radius 3 is 2.15 bits per heavy atom. The van der Waals surface area contributed by atoms with Crippen LogP contribution in [0.25, 0.3) is 0 Å². The average Bonchev–Trinajstić information content (AvgIpc) is 3.34. The summed E-state index contributed by atoms with van der Waals surface area (Å²) in [5.41, 5.74) is 0.811. The van der Waals surface area contributed by atoms with Crippen molar-refractivity contribution in [2.75, 3.05) is 22.9 Å². The summed E-state index contributed by atoms with van der Waals surface area (Å²) in [6, 6.07) is 5.18. The van der Waals surface area contributed by atoms with Crippen molar-refractivity contribution in [1.82, 2.24) is 20.2 Å². The van der Waals surface area contributed by atoms with Crippen LogP contribution >= 0.6 is 0 Å². The van der Waals surface area contributed by atoms with E-state index in [4.69, 9.17) is 4.74 Å². The van der Waals surface area contributed by atoms with E-state index in [0.717, 1.165) is 47.4 Å². The molecule has 9 nitrogen and oxygen atoms in total. The lowest BCUT2D eigenvalue weighted by Crippen LogP contribution is -2.34. The second-order valence-electron chi connectivity index (χ2n) is 12.9. The van der Waals surface area contributed by atoms with Gasteiger partial charge in [0.05, 0.1) is 30.1 Å². The van der Waals surface area contributed by atoms with Gasteiger partial charge in [0.15, 0.2) is 0 Å². The van der Waals surface area contributed by atoms with Crippen molar-refractivity contribution in [2.45, 2.75) is 84.2 Å². The first-order valence-corrected chi connectivity index (χ1v) is 15.9. The summed E-state index contributed by atoms with van der Waals surface area (Å²) in [6.07, 6.45) is -6.02. The highest BCUT2D eigenvalue weighted by molar-refractivity contribution is 5.85. The van der Waals surface area contributed by atoms with E-state index in [1.807, 2.05) is 19.9 Å². The third kappa shape index (κ3) is 8.09. The Kier molecular flexibility index (Phi) is 10.1. The van der Waals surface area contributed by atoms with Crippen molar-refractivity contribution in [2.24, 2.45) is 18.9 Å². The number of fused-ring (bicyclic) bond motifs is 1. The van der Waals surface area contributed by atoms with Crippen molar-refractivity contribution < 1.29 is 40.7 Å². The maximum absolute atomic E-state index is 13.8. The molecule has 2 aromatic carbocycles. The van der Waals surface area contributed by atoms with Crippen molar-refractivity contribution in [1.29, 1.82) is 0 Å². The molecule has 1 aliphatic heterocycles. The second kappa shape index (κ2) is 13.7. The molecule has 0 amide bonds. The number of aromatic nitrogens is 4. The number of alkyl halides is 6. The minimum atomic E-state index is -4.98. The number of benzene rings is 2. The maximum atomic E-state index is 13.8. The lowest BCUT2D eigenvalue weighted by atomic mass is 9.81. The standard InChI is InChI=1S/C33H38F6N6O3/c1-19-12-20(2)29-27(13-19)28(6-5-11-44(29)17-22-7-9-24(10-8-22)30(47)48-21(3)46)45(31-40-42-43(4)41-31)18-23-14-25(32(34,35)36)16-26(15-23)33(37,38)39/h12-16,22,24,28H,5-11,17-18H2,1-4H3/t22?,24?,28-/m0/s1. The summed E-state index contributed by atoms with van der Waals surface area (Å²) < 4.78 is 87.5. The summed E-state index contributed by atoms with van der Waals surface area (Å²) >= 11 is 0. The summed E-state index contributed by atoms with van der Waals surface area (Å²) in [4.78, 5) is 28.7. The highest BCUT2D eigenvalue weighted by Crippen LogP contribution is 2.43. The number of ether oxygens (including phenoxy) is 1. The molecule has 15 heteroatoms. The topological polar surface area (TPSA) is 93.5 Å². The molecule has 1 aliphatic carbocycles. The van der Waals surface area contributed by atoms with Gasteiger partial charge in [-0.05, 0) is 98.4 Å². The molecule has 0 bridgehead atoms. The molecule has 1 aromatic heterocycles. The number of nitrogens with zero attached hydrogens (tertiary/aromatic N) is 6. The van der Waals surface area contributed by atoms with Gasteiger partial charge in [0, 0.05) is 32.2 Å². The van der Waals surface area contributed by atoms with E-state index >= 15 is 0 Å². The molecule has 0 unspecified atom stereocenters. The molecule has 0 radical (unpaired) electrons. The van der Waals surface area contributed by atoms with Gasteiger partial charge in [0.2, 0.25) is 0 Å². The summed E-state index contributed by atoms with van der Waals surface area (Å²) in [7, 11) is 1.53. The van der Waals surface area contributed by atoms with Gasteiger partial charge in [-0.15, -0.1) is 5.10 Å². The molecule has 48 heavy (non-hydrogen) atoms. The fourth-order valence-electron chi connectivity index (χ4n) is 7.06. The van der Waals surface area contributed by atoms with Crippen LogP contribution in [0.15, 0.2) is 30.3 Å². The predicted molar refractivity (Wildman–Crippen MR) is 164 cm³/mol. The number of esters is 2. The number of anilines is 2. The molecule has 0 saturated heterocycles. The van der Waals surface area contributed by atoms with Crippen LogP contribution in [0.5, 0.6) is 0 Å². The Morgan fingerprint density at radius 2 is 1.58 bits per heavy atom. The van der Waals surface area contributed by atoms with Gasteiger partial charge in [0.1, 0.15) is 0 Å². The lowest BCUT2D eigenvalue weighted by Gasteiger charge is -2.36. The monoisotopic (exact) mass is 680 g/mol. The van der Waals surface area contributed by atoms with Crippen molar-refractivity contribution in [3.63, 3.8) is 0 Å². The molecule has 1 saturated carbocycles. The molecule has 260 valence electrons. The molecule has 2 aliphatic rings. The Balaban J connectivity index is 1.50. The number of aryl methyl sites for hydroxylation is 3. The quantitative estimate of drug-likeness (QED) is 0.148. The van der Waals surface area contributed by atoms with Crippen LogP contribution in [-0.4, -0.2) is 45.2 Å². The average molecular weight is 681 g/mol. The molecular formula is C33H38F6N6O3. The molecule has 3 aromatic rings. The highest BCUT2D eigenvalue weighted by atomic mass is 19.4. The van der Waals surface area contributed by atoms with Crippen LogP contribution in [0.2, 0.25) is 0 Å². The van der Waals surface area contributed by atoms with Gasteiger partial charge in [-0.3, -0.25) is 9.59 Å². The molecular weight excluding hydrogens is 642 g/mol. The van der Waals surface area contributed by atoms with Gasteiger partial charge in [-0.1, -0.05) is 22.8 Å². The van der Waals surface area contributed by atoms with Crippen LogP contribution in [-0.2, 0) is 40.3 Å². The fourth-order valence-corrected chi connectivity index (χ4v) is 7.06. The minimum Gasteiger partial charge on any atom is -0.393 e. The minimum absolute atomic E-state index is 0.0859. The van der Waals surface area contributed by atoms with Gasteiger partial charge >= 0.3 is 24.3 Å². The van der Waals surface area contributed by atoms with Gasteiger partial charge < -0.3 is 14.5 Å². The number of hydrogen-bond acceptors (Lipinski definition) is 8. The lowest BCUT2D eigenvalue weighted by molar-refractivity contribution is -0.162. The zero-order valence-electron chi connectivity index (χ0n) is 27.2. The van der Waals surface area contributed by atoms with E-state index < -0.39 is 41.5 Å². The second-order valence-corrected chi connectivity index (χ2v) is 12.9. The number of carbonyl (C=O) groups excluding carboxylic acids is 2. The van der Waals surface area contributed by atoms with E-state index in [2.05, 4.69) is 26.4 Å². The van der Waals surface area contributed by atoms with E-state index in [1.54, 1.807) is 4.90 Å². The Morgan fingerprint density at radius 1 is 0.938 bits per heavy atom. The van der Waals surface area contributed by atoms with E-state index in [1.165, 1.54) is 18.8 Å². The molecule has 5 rings (SSSR count). The van der Waals surface area contributed by atoms with Gasteiger partial charge in [0.25, 0.3) is 5.95 Å². The first-order chi connectivity index (χ1) is 22.5. The SMILES string of the molecule is CC(=O)OC(=O)C1CCC(CN2CCC[C@H](N(Cc3cc(C(F)(F)F)cc(C(F)(F)F)c3)c3nnn(C)n3)c3cc(C)cc(C)c32)CC1. The first kappa shape index (κ1) is 35.1. The number of tetrazole rings is 1. The van der Waals surface area contributed by atoms with Crippen molar-refractivity contribution >= 4 is 23.6 Å². The number of hydrogen-bond donors (Lipinski definition) is 0. The summed E-state index contributed by atoms with van der Waals surface area (Å²) in [5, 5.41) is 12.4. The van der Waals surface area contributed by atoms with E-state index in [-0.39, 0.29) is 36.0 Å². The van der Waals surface area contributed by atoms with Gasteiger partial charge in [-0.2, -0.15) is 31.1 Å². The van der Waals surface area contributed by atoms with Crippen LogP contribution in [0.1, 0.15) is 84.9 Å². The zero-order valence-corrected chi connectivity index (χ0v) is 27.2. The predicted octanol–water partition coefficient (Wildman–Crippen LogP) is 7.11. The third-order valence-corrected chi connectivity index (χ3v) is 9.09. The number of rotatable bonds is 7. The van der Waals surface area contributed by atoms with Crippen molar-refractivity contribution in [3.05, 3.63) is 63.7 Å². The number of carbonyl (C=O) groups is 2. The molecule has 1 fully saturated rings. The number of halogens is 6. The van der Waals surface area contributed by atoms with Crippen LogP contribution in [0.3, 0.4) is 0 Å². The Hall–Kier alpha value is -4.17. The molecule has 1 atom stereocenters. The Labute approximate surface area is 274 Å². The zero-order chi connectivity index (χ0) is 35.0. The van der Waals surface area contributed by atoms with E-state index in [9.17, 15) is 35.9 Å². The Bertz CT molecular complexity index is 1620. The van der Waals surface area contributed by atoms with Gasteiger partial charge in [-0.25, -0.2) is 0 Å². The van der Waals surface area contributed by atoms with Crippen LogP contribution in [0.4, 0.5) is 38.0 Å². The van der Waals surface area contributed by atoms with Crippen molar-refractivity contribution in [3.8, 4) is 0 Å². The smallest absolute Gasteiger partial charge is 0.393 e. The van der Waals surface area contributed by atoms with Crippen LogP contribution < -0.4 is 9.80 Å². The molecule has 0 N–H and O–H groups in total. The molecule has 0 spiro atoms. The molecule has 2 heterocycles. The van der Waals surface area contributed by atoms with Crippen LogP contribution in [0, 0.1) is 25.7 Å². The highest BCUT2D eigenvalue weighted by Gasteiger charge is 2.38. The first-order valence-electron chi connectivity index (χ1n) is 15.9. The summed E-state index contributed by atoms with van der Waals surface area (Å²) in [6.45, 7) is 6.18. The maximum Gasteiger partial charge on any atom is 0.416 e.